The zero-order valence-electron chi connectivity index (χ0n) is 9.03. The standard InChI is InChI=1S/C9H15N3OS.ClH/c1-6(2)7-4-11-9(14-7)12-8(13)5-10-3;/h4,6,10H,5H2,1-3H3,(H,11,12,13);1H. The van der Waals surface area contributed by atoms with Crippen LogP contribution < -0.4 is 10.6 Å². The average molecular weight is 250 g/mol. The van der Waals surface area contributed by atoms with E-state index in [4.69, 9.17) is 0 Å². The van der Waals surface area contributed by atoms with Crippen molar-refractivity contribution in [1.82, 2.24) is 10.3 Å². The van der Waals surface area contributed by atoms with Gasteiger partial charge in [-0.2, -0.15) is 0 Å². The van der Waals surface area contributed by atoms with Crippen LogP contribution in [-0.4, -0.2) is 24.5 Å². The van der Waals surface area contributed by atoms with Crippen molar-refractivity contribution in [3.05, 3.63) is 11.1 Å². The summed E-state index contributed by atoms with van der Waals surface area (Å²) < 4.78 is 0. The Morgan fingerprint density at radius 3 is 2.73 bits per heavy atom. The van der Waals surface area contributed by atoms with Crippen LogP contribution in [-0.2, 0) is 4.79 Å². The number of hydrogen-bond acceptors (Lipinski definition) is 4. The number of nitrogens with one attached hydrogen (secondary N) is 2. The molecule has 0 radical (unpaired) electrons. The lowest BCUT2D eigenvalue weighted by Gasteiger charge is -1.99. The minimum Gasteiger partial charge on any atom is -0.311 e. The molecule has 1 rings (SSSR count). The second kappa shape index (κ2) is 6.76. The number of thiazole rings is 1. The fourth-order valence-corrected chi connectivity index (χ4v) is 1.77. The molecule has 0 unspecified atom stereocenters. The molecule has 1 aromatic heterocycles. The van der Waals surface area contributed by atoms with E-state index < -0.39 is 0 Å². The molecule has 0 bridgehead atoms. The Hall–Kier alpha value is -0.650. The Balaban J connectivity index is 0.00000196. The van der Waals surface area contributed by atoms with Crippen molar-refractivity contribution in [1.29, 1.82) is 0 Å². The summed E-state index contributed by atoms with van der Waals surface area (Å²) in [6, 6.07) is 0. The molecular weight excluding hydrogens is 234 g/mol. The molecule has 0 aliphatic rings. The lowest BCUT2D eigenvalue weighted by Crippen LogP contribution is -2.24. The topological polar surface area (TPSA) is 54.0 Å². The number of anilines is 1. The van der Waals surface area contributed by atoms with E-state index in [1.54, 1.807) is 7.05 Å². The molecule has 4 nitrogen and oxygen atoms in total. The fourth-order valence-electron chi connectivity index (χ4n) is 0.935. The Labute approximate surface area is 99.9 Å². The number of nitrogens with zero attached hydrogens (tertiary/aromatic N) is 1. The van der Waals surface area contributed by atoms with Gasteiger partial charge < -0.3 is 10.6 Å². The lowest BCUT2D eigenvalue weighted by atomic mass is 10.2. The van der Waals surface area contributed by atoms with E-state index in [1.165, 1.54) is 16.2 Å². The van der Waals surface area contributed by atoms with E-state index in [1.807, 2.05) is 6.20 Å². The number of halogens is 1. The van der Waals surface area contributed by atoms with Crippen LogP contribution in [0.3, 0.4) is 0 Å². The van der Waals surface area contributed by atoms with Crippen molar-refractivity contribution in [2.24, 2.45) is 0 Å². The summed E-state index contributed by atoms with van der Waals surface area (Å²) in [5.74, 6) is 0.402. The second-order valence-electron chi connectivity index (χ2n) is 3.30. The number of rotatable bonds is 4. The highest BCUT2D eigenvalue weighted by Crippen LogP contribution is 2.24. The van der Waals surface area contributed by atoms with Gasteiger partial charge in [-0.25, -0.2) is 4.98 Å². The van der Waals surface area contributed by atoms with Crippen molar-refractivity contribution in [3.63, 3.8) is 0 Å². The number of amides is 1. The predicted molar refractivity (Wildman–Crippen MR) is 66.0 cm³/mol. The minimum absolute atomic E-state index is 0. The monoisotopic (exact) mass is 249 g/mol. The first-order chi connectivity index (χ1) is 6.63. The SMILES string of the molecule is CNCC(=O)Nc1ncc(C(C)C)s1.Cl. The van der Waals surface area contributed by atoms with E-state index in [9.17, 15) is 4.79 Å². The van der Waals surface area contributed by atoms with Gasteiger partial charge in [-0.15, -0.1) is 23.7 Å². The van der Waals surface area contributed by atoms with E-state index >= 15 is 0 Å². The van der Waals surface area contributed by atoms with Gasteiger partial charge >= 0.3 is 0 Å². The first-order valence-electron chi connectivity index (χ1n) is 4.53. The van der Waals surface area contributed by atoms with Crippen LogP contribution in [0.25, 0.3) is 0 Å². The van der Waals surface area contributed by atoms with Crippen LogP contribution in [0.5, 0.6) is 0 Å². The maximum atomic E-state index is 11.2. The van der Waals surface area contributed by atoms with Gasteiger partial charge in [0, 0.05) is 11.1 Å². The Kier molecular flexibility index (Phi) is 6.47. The van der Waals surface area contributed by atoms with Gasteiger partial charge in [0.1, 0.15) is 0 Å². The number of hydrogen-bond donors (Lipinski definition) is 2. The van der Waals surface area contributed by atoms with Crippen molar-refractivity contribution < 1.29 is 4.79 Å². The molecule has 0 atom stereocenters. The summed E-state index contributed by atoms with van der Waals surface area (Å²) in [6.07, 6.45) is 1.81. The molecule has 0 aliphatic carbocycles. The maximum Gasteiger partial charge on any atom is 0.240 e. The first-order valence-corrected chi connectivity index (χ1v) is 5.35. The van der Waals surface area contributed by atoms with Gasteiger partial charge in [-0.05, 0) is 13.0 Å². The van der Waals surface area contributed by atoms with Crippen molar-refractivity contribution in [2.45, 2.75) is 19.8 Å². The molecule has 0 saturated heterocycles. The molecule has 0 saturated carbocycles. The summed E-state index contributed by atoms with van der Waals surface area (Å²) in [5.41, 5.74) is 0. The molecule has 0 aromatic carbocycles. The molecule has 0 spiro atoms. The van der Waals surface area contributed by atoms with Crippen LogP contribution in [0.2, 0.25) is 0 Å². The van der Waals surface area contributed by atoms with Crippen LogP contribution in [0.4, 0.5) is 5.13 Å². The number of aromatic nitrogens is 1. The summed E-state index contributed by atoms with van der Waals surface area (Å²) in [7, 11) is 1.74. The smallest absolute Gasteiger partial charge is 0.240 e. The van der Waals surface area contributed by atoms with Crippen molar-refractivity contribution >= 4 is 34.8 Å². The highest BCUT2D eigenvalue weighted by atomic mass is 35.5. The fraction of sp³-hybridized carbons (Fsp3) is 0.556. The highest BCUT2D eigenvalue weighted by Gasteiger charge is 2.07. The third-order valence-electron chi connectivity index (χ3n) is 1.68. The third-order valence-corrected chi connectivity index (χ3v) is 2.89. The normalized spacial score (nSPS) is 9.87. The first kappa shape index (κ1) is 14.3. The van der Waals surface area contributed by atoms with Crippen molar-refractivity contribution in [3.8, 4) is 0 Å². The summed E-state index contributed by atoms with van der Waals surface area (Å²) in [6.45, 7) is 4.52. The number of likely N-dealkylation sites (N-methyl/N-ethyl adjacent to an activating group) is 1. The predicted octanol–water partition coefficient (Wildman–Crippen LogP) is 1.85. The second-order valence-corrected chi connectivity index (χ2v) is 4.36. The lowest BCUT2D eigenvalue weighted by molar-refractivity contribution is -0.115. The number of carbonyl (C=O) groups is 1. The minimum atomic E-state index is -0.0582. The van der Waals surface area contributed by atoms with Crippen molar-refractivity contribution in [2.75, 3.05) is 18.9 Å². The Bertz CT molecular complexity index is 314. The molecule has 2 N–H and O–H groups in total. The van der Waals surface area contributed by atoms with Gasteiger partial charge in [-0.1, -0.05) is 13.8 Å². The van der Waals surface area contributed by atoms with E-state index in [0.29, 0.717) is 17.6 Å². The maximum absolute atomic E-state index is 11.2. The molecule has 6 heteroatoms. The van der Waals surface area contributed by atoms with E-state index in [2.05, 4.69) is 29.5 Å². The van der Waals surface area contributed by atoms with Crippen LogP contribution >= 0.6 is 23.7 Å². The summed E-state index contributed by atoms with van der Waals surface area (Å²) in [4.78, 5) is 16.5. The van der Waals surface area contributed by atoms with Crippen LogP contribution in [0.1, 0.15) is 24.6 Å². The molecule has 86 valence electrons. The van der Waals surface area contributed by atoms with Gasteiger partial charge in [0.25, 0.3) is 0 Å². The van der Waals surface area contributed by atoms with Gasteiger partial charge in [0.05, 0.1) is 6.54 Å². The molecule has 0 fully saturated rings. The summed E-state index contributed by atoms with van der Waals surface area (Å²) >= 11 is 1.52. The largest absolute Gasteiger partial charge is 0.311 e. The molecule has 15 heavy (non-hydrogen) atoms. The zero-order chi connectivity index (χ0) is 10.6. The van der Waals surface area contributed by atoms with Crippen LogP contribution in [0, 0.1) is 0 Å². The Morgan fingerprint density at radius 2 is 2.27 bits per heavy atom. The molecule has 0 aliphatic heterocycles. The third kappa shape index (κ3) is 4.59. The number of carbonyl (C=O) groups excluding carboxylic acids is 1. The van der Waals surface area contributed by atoms with Crippen LogP contribution in [0.15, 0.2) is 6.20 Å². The van der Waals surface area contributed by atoms with Gasteiger partial charge in [0.15, 0.2) is 5.13 Å². The van der Waals surface area contributed by atoms with Gasteiger partial charge in [-0.3, -0.25) is 4.79 Å². The highest BCUT2D eigenvalue weighted by molar-refractivity contribution is 7.15. The Morgan fingerprint density at radius 1 is 1.60 bits per heavy atom. The average Bonchev–Trinajstić information content (AvgIpc) is 2.53. The molecule has 1 heterocycles. The molecular formula is C9H16ClN3OS. The summed E-state index contributed by atoms with van der Waals surface area (Å²) in [5, 5.41) is 6.18. The molecule has 1 aromatic rings. The zero-order valence-corrected chi connectivity index (χ0v) is 10.7. The van der Waals surface area contributed by atoms with E-state index in [0.717, 1.165) is 0 Å². The van der Waals surface area contributed by atoms with E-state index in [-0.39, 0.29) is 18.3 Å². The quantitative estimate of drug-likeness (QED) is 0.856. The van der Waals surface area contributed by atoms with Gasteiger partial charge in [0.2, 0.25) is 5.91 Å². The molecule has 1 amide bonds.